The van der Waals surface area contributed by atoms with Gasteiger partial charge in [-0.3, -0.25) is 4.98 Å². The molecule has 0 saturated heterocycles. The second-order valence-electron chi connectivity index (χ2n) is 7.40. The first-order valence-corrected chi connectivity index (χ1v) is 10.2. The molecule has 6 heteroatoms. The molecule has 1 saturated carbocycles. The quantitative estimate of drug-likeness (QED) is 0.461. The van der Waals surface area contributed by atoms with Gasteiger partial charge in [0.2, 0.25) is 0 Å². The summed E-state index contributed by atoms with van der Waals surface area (Å²) in [4.78, 5) is 4.43. The van der Waals surface area contributed by atoms with E-state index < -0.39 is 0 Å². The van der Waals surface area contributed by atoms with Crippen molar-refractivity contribution < 1.29 is 0 Å². The number of fused-ring (bicyclic) bond motifs is 1. The summed E-state index contributed by atoms with van der Waals surface area (Å²) in [5.41, 5.74) is 3.52. The van der Waals surface area contributed by atoms with Crippen LogP contribution in [0.5, 0.6) is 0 Å². The maximum atomic E-state index is 6.09. The molecule has 4 rings (SSSR count). The number of rotatable bonds is 6. The molecule has 0 spiro atoms. The number of pyridine rings is 1. The van der Waals surface area contributed by atoms with E-state index in [1.807, 2.05) is 18.3 Å². The van der Waals surface area contributed by atoms with Crippen LogP contribution in [-0.2, 0) is 6.42 Å². The molecule has 0 atom stereocenters. The lowest BCUT2D eigenvalue weighted by atomic mass is 9.90. The van der Waals surface area contributed by atoms with Crippen LogP contribution < -0.4 is 10.6 Å². The molecule has 1 fully saturated rings. The van der Waals surface area contributed by atoms with Crippen molar-refractivity contribution >= 4 is 53.0 Å². The van der Waals surface area contributed by atoms with Crippen LogP contribution in [-0.4, -0.2) is 23.6 Å². The van der Waals surface area contributed by atoms with Crippen molar-refractivity contribution in [1.29, 1.82) is 0 Å². The molecule has 2 N–H and O–H groups in total. The minimum Gasteiger partial charge on any atom is -0.382 e. The Hall–Kier alpha value is -1.52. The molecule has 3 aromatic rings. The first-order valence-electron chi connectivity index (χ1n) is 9.86. The number of hydrogen-bond acceptors (Lipinski definition) is 3. The third kappa shape index (κ3) is 6.48. The summed E-state index contributed by atoms with van der Waals surface area (Å²) in [6, 6.07) is 19.9. The van der Waals surface area contributed by atoms with Gasteiger partial charge in [0, 0.05) is 34.4 Å². The summed E-state index contributed by atoms with van der Waals surface area (Å²) in [6.45, 7) is 1.06. The molecule has 1 heterocycles. The summed E-state index contributed by atoms with van der Waals surface area (Å²) >= 11 is 6.09. The zero-order valence-corrected chi connectivity index (χ0v) is 18.7. The van der Waals surface area contributed by atoms with Gasteiger partial charge in [-0.1, -0.05) is 41.9 Å². The van der Waals surface area contributed by atoms with Gasteiger partial charge in [0.1, 0.15) is 0 Å². The molecule has 1 aromatic heterocycles. The summed E-state index contributed by atoms with van der Waals surface area (Å²) in [5.74, 6) is 0. The summed E-state index contributed by atoms with van der Waals surface area (Å²) in [7, 11) is 0. The summed E-state index contributed by atoms with van der Waals surface area (Å²) < 4.78 is 0. The highest BCUT2D eigenvalue weighted by atomic mass is 35.5. The van der Waals surface area contributed by atoms with Crippen LogP contribution >= 0.6 is 36.4 Å². The Morgan fingerprint density at radius 3 is 2.38 bits per heavy atom. The van der Waals surface area contributed by atoms with E-state index in [9.17, 15) is 0 Å². The van der Waals surface area contributed by atoms with Gasteiger partial charge in [-0.05, 0) is 68.5 Å². The molecule has 2 aromatic carbocycles. The Bertz CT molecular complexity index is 881. The fourth-order valence-electron chi connectivity index (χ4n) is 3.97. The van der Waals surface area contributed by atoms with E-state index in [1.54, 1.807) is 0 Å². The van der Waals surface area contributed by atoms with Crippen molar-refractivity contribution in [1.82, 2.24) is 10.3 Å². The molecule has 1 aliphatic carbocycles. The van der Waals surface area contributed by atoms with E-state index in [4.69, 9.17) is 11.6 Å². The zero-order valence-electron chi connectivity index (χ0n) is 16.3. The molecule has 156 valence electrons. The maximum Gasteiger partial charge on any atom is 0.0737 e. The number of benzene rings is 2. The number of halogens is 3. The molecular formula is C23H28Cl3N3. The second-order valence-corrected chi connectivity index (χ2v) is 7.84. The van der Waals surface area contributed by atoms with Gasteiger partial charge in [-0.15, -0.1) is 24.8 Å². The molecule has 0 radical (unpaired) electrons. The van der Waals surface area contributed by atoms with Gasteiger partial charge in [0.05, 0.1) is 5.52 Å². The minimum atomic E-state index is 0. The third-order valence-electron chi connectivity index (χ3n) is 5.48. The van der Waals surface area contributed by atoms with Crippen LogP contribution in [0, 0.1) is 0 Å². The highest BCUT2D eigenvalue weighted by Crippen LogP contribution is 2.28. The van der Waals surface area contributed by atoms with E-state index in [0.717, 1.165) is 34.6 Å². The van der Waals surface area contributed by atoms with Crippen molar-refractivity contribution in [2.24, 2.45) is 0 Å². The van der Waals surface area contributed by atoms with Gasteiger partial charge in [0.15, 0.2) is 0 Å². The van der Waals surface area contributed by atoms with Crippen LogP contribution in [0.4, 0.5) is 5.69 Å². The van der Waals surface area contributed by atoms with Crippen molar-refractivity contribution in [3.63, 3.8) is 0 Å². The van der Waals surface area contributed by atoms with Crippen LogP contribution in [0.3, 0.4) is 0 Å². The van der Waals surface area contributed by atoms with Crippen LogP contribution in [0.2, 0.25) is 5.02 Å². The van der Waals surface area contributed by atoms with Gasteiger partial charge in [0.25, 0.3) is 0 Å². The minimum absolute atomic E-state index is 0. The molecule has 3 nitrogen and oxygen atoms in total. The third-order valence-corrected chi connectivity index (χ3v) is 5.72. The van der Waals surface area contributed by atoms with Crippen molar-refractivity contribution in [2.75, 3.05) is 11.9 Å². The predicted molar refractivity (Wildman–Crippen MR) is 129 cm³/mol. The van der Waals surface area contributed by atoms with E-state index in [1.165, 1.54) is 31.2 Å². The normalized spacial score (nSPS) is 18.5. The topological polar surface area (TPSA) is 37.0 Å². The largest absolute Gasteiger partial charge is 0.382 e. The average molecular weight is 453 g/mol. The number of hydrogen-bond donors (Lipinski definition) is 2. The first kappa shape index (κ1) is 23.8. The Morgan fingerprint density at radius 1 is 0.897 bits per heavy atom. The number of nitrogens with one attached hydrogen (secondary N) is 2. The number of nitrogens with zero attached hydrogens (tertiary/aromatic N) is 1. The molecule has 1 aliphatic rings. The smallest absolute Gasteiger partial charge is 0.0737 e. The fourth-order valence-corrected chi connectivity index (χ4v) is 4.14. The SMILES string of the molecule is Cl.Cl.Clc1ccc2c(N[C@H]3CC[C@H](NCCc4ccccc4)CC3)ccnc2c1. The van der Waals surface area contributed by atoms with Crippen LogP contribution in [0.25, 0.3) is 10.9 Å². The Morgan fingerprint density at radius 2 is 1.62 bits per heavy atom. The van der Waals surface area contributed by atoms with Gasteiger partial charge in [-0.25, -0.2) is 0 Å². The van der Waals surface area contributed by atoms with Crippen LogP contribution in [0.15, 0.2) is 60.8 Å². The number of aromatic nitrogens is 1. The standard InChI is InChI=1S/C23H26ClN3.2ClH/c24-18-6-11-21-22(13-15-26-23(21)16-18)27-20-9-7-19(8-10-20)25-14-12-17-4-2-1-3-5-17;;/h1-6,11,13,15-16,19-20,25H,7-10,12,14H2,(H,26,27);2*1H/t19-,20-;;. The Balaban J connectivity index is 0.00000150. The summed E-state index contributed by atoms with van der Waals surface area (Å²) in [6.07, 6.45) is 7.80. The molecular weight excluding hydrogens is 425 g/mol. The van der Waals surface area contributed by atoms with Crippen molar-refractivity contribution in [3.8, 4) is 0 Å². The fraction of sp³-hybridized carbons (Fsp3) is 0.348. The van der Waals surface area contributed by atoms with E-state index in [-0.39, 0.29) is 24.8 Å². The number of anilines is 1. The Labute approximate surface area is 190 Å². The van der Waals surface area contributed by atoms with E-state index in [2.05, 4.69) is 58.1 Å². The molecule has 0 amide bonds. The molecule has 0 unspecified atom stereocenters. The lowest BCUT2D eigenvalue weighted by molar-refractivity contribution is 0.356. The van der Waals surface area contributed by atoms with Gasteiger partial charge < -0.3 is 10.6 Å². The highest BCUT2D eigenvalue weighted by Gasteiger charge is 2.21. The van der Waals surface area contributed by atoms with Gasteiger partial charge in [-0.2, -0.15) is 0 Å². The van der Waals surface area contributed by atoms with E-state index >= 15 is 0 Å². The monoisotopic (exact) mass is 451 g/mol. The maximum absolute atomic E-state index is 6.09. The van der Waals surface area contributed by atoms with Crippen molar-refractivity contribution in [2.45, 2.75) is 44.2 Å². The molecule has 0 aliphatic heterocycles. The van der Waals surface area contributed by atoms with E-state index in [0.29, 0.717) is 12.1 Å². The molecule has 29 heavy (non-hydrogen) atoms. The van der Waals surface area contributed by atoms with Gasteiger partial charge >= 0.3 is 0 Å². The highest BCUT2D eigenvalue weighted by molar-refractivity contribution is 6.31. The molecule has 0 bridgehead atoms. The lowest BCUT2D eigenvalue weighted by Gasteiger charge is -2.30. The van der Waals surface area contributed by atoms with Crippen LogP contribution in [0.1, 0.15) is 31.2 Å². The van der Waals surface area contributed by atoms with Crippen molar-refractivity contribution in [3.05, 3.63) is 71.4 Å². The predicted octanol–water partition coefficient (Wildman–Crippen LogP) is 6.29. The summed E-state index contributed by atoms with van der Waals surface area (Å²) in [5, 5.41) is 9.35. The first-order chi connectivity index (χ1) is 13.3. The average Bonchev–Trinajstić information content (AvgIpc) is 2.70. The zero-order chi connectivity index (χ0) is 18.5. The Kier molecular flexibility index (Phi) is 9.51. The second kappa shape index (κ2) is 11.6. The lowest BCUT2D eigenvalue weighted by Crippen LogP contribution is -2.37.